The highest BCUT2D eigenvalue weighted by atomic mass is 32.2. The van der Waals surface area contributed by atoms with Crippen LogP contribution >= 0.6 is 0 Å². The highest BCUT2D eigenvalue weighted by Crippen LogP contribution is 2.20. The van der Waals surface area contributed by atoms with Crippen molar-refractivity contribution in [1.29, 1.82) is 0 Å². The minimum atomic E-state index is -4.64. The van der Waals surface area contributed by atoms with E-state index in [0.717, 1.165) is 24.3 Å². The summed E-state index contributed by atoms with van der Waals surface area (Å²) in [6, 6.07) is 7.67. The summed E-state index contributed by atoms with van der Waals surface area (Å²) in [7, 11) is -4.64. The lowest BCUT2D eigenvalue weighted by atomic mass is 10.2. The van der Waals surface area contributed by atoms with Crippen molar-refractivity contribution < 1.29 is 30.7 Å². The number of hydrogen-bond acceptors (Lipinski definition) is 3. The van der Waals surface area contributed by atoms with Gasteiger partial charge in [0, 0.05) is 6.07 Å². The molecule has 0 aliphatic heterocycles. The second kappa shape index (κ2) is 6.35. The van der Waals surface area contributed by atoms with E-state index >= 15 is 0 Å². The highest BCUT2D eigenvalue weighted by Gasteiger charge is 2.26. The summed E-state index contributed by atoms with van der Waals surface area (Å²) >= 11 is 0. The molecule has 0 aromatic heterocycles. The summed E-state index contributed by atoms with van der Waals surface area (Å²) in [5.74, 6) is -5.47. The average Bonchev–Trinajstić information content (AvgIpc) is 2.49. The van der Waals surface area contributed by atoms with Gasteiger partial charge in [0.1, 0.15) is 12.4 Å². The number of ether oxygens (including phenoxy) is 1. The Hall–Kier alpha value is -2.09. The number of hydrogen-bond donors (Lipinski definition) is 0. The molecular weight excluding hydrogens is 324 g/mol. The smallest absolute Gasteiger partial charge is 0.341 e. The zero-order chi connectivity index (χ0) is 16.3. The van der Waals surface area contributed by atoms with Crippen LogP contribution in [0.4, 0.5) is 17.6 Å². The Labute approximate surface area is 124 Å². The quantitative estimate of drug-likeness (QED) is 0.786. The molecule has 8 heteroatoms. The molecule has 0 amide bonds. The fraction of sp³-hybridized carbons (Fsp3) is 0.143. The normalized spacial score (nSPS) is 11.7. The van der Waals surface area contributed by atoms with E-state index in [2.05, 4.69) is 0 Å². The van der Waals surface area contributed by atoms with Crippen molar-refractivity contribution in [3.05, 3.63) is 59.7 Å². The lowest BCUT2D eigenvalue weighted by Gasteiger charge is -2.08. The zero-order valence-corrected chi connectivity index (χ0v) is 11.8. The van der Waals surface area contributed by atoms with Crippen LogP contribution in [-0.4, -0.2) is 14.2 Å². The lowest BCUT2D eigenvalue weighted by Crippen LogP contribution is -2.11. The van der Waals surface area contributed by atoms with Gasteiger partial charge in [-0.1, -0.05) is 12.1 Å². The topological polar surface area (TPSA) is 43.4 Å². The van der Waals surface area contributed by atoms with Crippen LogP contribution in [0.15, 0.2) is 47.4 Å². The Morgan fingerprint density at radius 1 is 0.955 bits per heavy atom. The molecule has 0 fully saturated rings. The van der Waals surface area contributed by atoms with E-state index in [1.54, 1.807) is 0 Å². The minimum Gasteiger partial charge on any atom is -0.489 e. The Morgan fingerprint density at radius 3 is 2.14 bits per heavy atom. The Bertz CT molecular complexity index is 758. The Kier molecular flexibility index (Phi) is 4.70. The standard InChI is InChI=1S/C14H10F4O3S/c15-12-6-3-10(7-13(12)16)21-8-9-1-4-11(5-2-9)22(19,20)14(17)18/h1-7,14H,8H2. The molecule has 3 nitrogen and oxygen atoms in total. The van der Waals surface area contributed by atoms with E-state index < -0.39 is 32.1 Å². The van der Waals surface area contributed by atoms with Gasteiger partial charge in [0.25, 0.3) is 0 Å². The van der Waals surface area contributed by atoms with Gasteiger partial charge in [-0.3, -0.25) is 0 Å². The molecule has 118 valence electrons. The molecule has 0 unspecified atom stereocenters. The van der Waals surface area contributed by atoms with Gasteiger partial charge in [-0.05, 0) is 29.8 Å². The molecule has 0 heterocycles. The van der Waals surface area contributed by atoms with Crippen molar-refractivity contribution in [3.8, 4) is 5.75 Å². The van der Waals surface area contributed by atoms with Crippen molar-refractivity contribution in [1.82, 2.24) is 0 Å². The van der Waals surface area contributed by atoms with Crippen LogP contribution in [0.2, 0.25) is 0 Å². The van der Waals surface area contributed by atoms with Crippen LogP contribution in [0.25, 0.3) is 0 Å². The predicted octanol–water partition coefficient (Wildman–Crippen LogP) is 3.54. The lowest BCUT2D eigenvalue weighted by molar-refractivity contribution is 0.234. The molecule has 2 aromatic carbocycles. The second-order valence-corrected chi connectivity index (χ2v) is 6.23. The van der Waals surface area contributed by atoms with Crippen LogP contribution in [-0.2, 0) is 16.4 Å². The molecule has 0 N–H and O–H groups in total. The van der Waals surface area contributed by atoms with Crippen LogP contribution in [0.5, 0.6) is 5.75 Å². The fourth-order valence-corrected chi connectivity index (χ4v) is 2.33. The number of benzene rings is 2. The van der Waals surface area contributed by atoms with Gasteiger partial charge in [-0.25, -0.2) is 17.2 Å². The van der Waals surface area contributed by atoms with Crippen LogP contribution in [0, 0.1) is 11.6 Å². The van der Waals surface area contributed by atoms with Crippen molar-refractivity contribution in [2.24, 2.45) is 0 Å². The van der Waals surface area contributed by atoms with Crippen molar-refractivity contribution in [2.45, 2.75) is 17.3 Å². The molecule has 0 saturated carbocycles. The molecule has 0 saturated heterocycles. The Balaban J connectivity index is 2.07. The van der Waals surface area contributed by atoms with E-state index in [0.29, 0.717) is 5.56 Å². The first-order chi connectivity index (χ1) is 10.3. The zero-order valence-electron chi connectivity index (χ0n) is 11.0. The predicted molar refractivity (Wildman–Crippen MR) is 70.3 cm³/mol. The molecule has 0 radical (unpaired) electrons. The van der Waals surface area contributed by atoms with Crippen LogP contribution in [0.3, 0.4) is 0 Å². The molecule has 2 aromatic rings. The SMILES string of the molecule is O=S(=O)(c1ccc(COc2ccc(F)c(F)c2)cc1)C(F)F. The summed E-state index contributed by atoms with van der Waals surface area (Å²) in [6.45, 7) is -0.0555. The van der Waals surface area contributed by atoms with E-state index in [1.807, 2.05) is 0 Å². The maximum Gasteiger partial charge on any atom is 0.341 e. The molecule has 0 atom stereocenters. The first kappa shape index (κ1) is 16.3. The molecule has 0 aliphatic carbocycles. The molecule has 0 spiro atoms. The van der Waals surface area contributed by atoms with Gasteiger partial charge in [-0.15, -0.1) is 0 Å². The molecule has 0 aliphatic rings. The second-order valence-electron chi connectivity index (χ2n) is 4.31. The van der Waals surface area contributed by atoms with Gasteiger partial charge < -0.3 is 4.74 Å². The minimum absolute atomic E-state index is 0.0555. The molecular formula is C14H10F4O3S. The molecule has 0 bridgehead atoms. The van der Waals surface area contributed by atoms with Gasteiger partial charge in [0.2, 0.25) is 9.84 Å². The number of alkyl halides is 2. The van der Waals surface area contributed by atoms with Gasteiger partial charge in [0.05, 0.1) is 4.90 Å². The van der Waals surface area contributed by atoms with Crippen molar-refractivity contribution >= 4 is 9.84 Å². The third kappa shape index (κ3) is 3.56. The largest absolute Gasteiger partial charge is 0.489 e. The number of halogens is 4. The van der Waals surface area contributed by atoms with E-state index in [4.69, 9.17) is 4.74 Å². The van der Waals surface area contributed by atoms with Gasteiger partial charge >= 0.3 is 5.76 Å². The Morgan fingerprint density at radius 2 is 1.59 bits per heavy atom. The molecule has 22 heavy (non-hydrogen) atoms. The van der Waals surface area contributed by atoms with Crippen molar-refractivity contribution in [2.75, 3.05) is 0 Å². The number of sulfone groups is 1. The molecule has 2 rings (SSSR count). The van der Waals surface area contributed by atoms with Gasteiger partial charge in [-0.2, -0.15) is 8.78 Å². The first-order valence-corrected chi connectivity index (χ1v) is 7.54. The maximum atomic E-state index is 13.0. The van der Waals surface area contributed by atoms with E-state index in [1.165, 1.54) is 18.2 Å². The fourth-order valence-electron chi connectivity index (χ4n) is 1.61. The summed E-state index contributed by atoms with van der Waals surface area (Å²) in [6.07, 6.45) is 0. The monoisotopic (exact) mass is 334 g/mol. The van der Waals surface area contributed by atoms with Gasteiger partial charge in [0.15, 0.2) is 11.6 Å². The third-order valence-electron chi connectivity index (χ3n) is 2.78. The highest BCUT2D eigenvalue weighted by molar-refractivity contribution is 7.91. The summed E-state index contributed by atoms with van der Waals surface area (Å²) < 4.78 is 78.1. The number of rotatable bonds is 5. The summed E-state index contributed by atoms with van der Waals surface area (Å²) in [5.41, 5.74) is 0.484. The summed E-state index contributed by atoms with van der Waals surface area (Å²) in [5, 5.41) is 0. The third-order valence-corrected chi connectivity index (χ3v) is 4.18. The van der Waals surface area contributed by atoms with Crippen LogP contribution in [0.1, 0.15) is 5.56 Å². The summed E-state index contributed by atoms with van der Waals surface area (Å²) in [4.78, 5) is -0.501. The first-order valence-electron chi connectivity index (χ1n) is 5.99. The van der Waals surface area contributed by atoms with Crippen LogP contribution < -0.4 is 4.74 Å². The maximum absolute atomic E-state index is 13.0. The average molecular weight is 334 g/mol. The van der Waals surface area contributed by atoms with E-state index in [-0.39, 0.29) is 12.4 Å². The van der Waals surface area contributed by atoms with Crippen molar-refractivity contribution in [3.63, 3.8) is 0 Å². The van der Waals surface area contributed by atoms with E-state index in [9.17, 15) is 26.0 Å².